The molecule has 0 spiro atoms. The normalized spacial score (nSPS) is 13.8. The van der Waals surface area contributed by atoms with Crippen molar-refractivity contribution in [1.29, 1.82) is 0 Å². The molecular weight excluding hydrogens is 533 g/mol. The smallest absolute Gasteiger partial charge is 0.263 e. The Kier molecular flexibility index (Phi) is 6.78. The van der Waals surface area contributed by atoms with Crippen molar-refractivity contribution in [2.24, 2.45) is 0 Å². The van der Waals surface area contributed by atoms with Crippen molar-refractivity contribution in [2.75, 3.05) is 28.4 Å². The highest BCUT2D eigenvalue weighted by atomic mass is 127. The van der Waals surface area contributed by atoms with Gasteiger partial charge in [-0.25, -0.2) is 0 Å². The van der Waals surface area contributed by atoms with Crippen LogP contribution < -0.4 is 18.9 Å². The molecule has 1 aliphatic rings. The van der Waals surface area contributed by atoms with Crippen molar-refractivity contribution in [3.05, 3.63) is 80.4 Å². The van der Waals surface area contributed by atoms with E-state index in [4.69, 9.17) is 18.9 Å². The lowest BCUT2D eigenvalue weighted by Gasteiger charge is -2.19. The molecule has 33 heavy (non-hydrogen) atoms. The summed E-state index contributed by atoms with van der Waals surface area (Å²) in [5, 5.41) is 0. The van der Waals surface area contributed by atoms with Crippen molar-refractivity contribution in [3.8, 4) is 23.0 Å². The minimum Gasteiger partial charge on any atom is -0.497 e. The molecular formula is C26H24INO5. The fourth-order valence-corrected chi connectivity index (χ4v) is 4.47. The monoisotopic (exact) mass is 557 g/mol. The van der Waals surface area contributed by atoms with Gasteiger partial charge >= 0.3 is 0 Å². The third-order valence-electron chi connectivity index (χ3n) is 5.55. The number of methoxy groups -OCH3 is 4. The van der Waals surface area contributed by atoms with Crippen LogP contribution in [0.15, 0.2) is 54.6 Å². The van der Waals surface area contributed by atoms with Crippen LogP contribution in [0.4, 0.5) is 0 Å². The van der Waals surface area contributed by atoms with Crippen molar-refractivity contribution >= 4 is 40.3 Å². The second kappa shape index (κ2) is 9.74. The lowest BCUT2D eigenvalue weighted by Crippen LogP contribution is -2.23. The second-order valence-electron chi connectivity index (χ2n) is 7.36. The summed E-state index contributed by atoms with van der Waals surface area (Å²) >= 11 is 2.30. The molecule has 0 aromatic heterocycles. The number of ether oxygens (including phenoxy) is 4. The lowest BCUT2D eigenvalue weighted by molar-refractivity contribution is 0.0840. The van der Waals surface area contributed by atoms with Gasteiger partial charge in [0.05, 0.1) is 46.2 Å². The van der Waals surface area contributed by atoms with E-state index in [1.807, 2.05) is 60.7 Å². The fraction of sp³-hybridized carbons (Fsp3) is 0.192. The van der Waals surface area contributed by atoms with E-state index in [0.29, 0.717) is 29.4 Å². The first kappa shape index (κ1) is 23.0. The molecule has 0 unspecified atom stereocenters. The Balaban J connectivity index is 1.90. The molecule has 0 bridgehead atoms. The molecule has 170 valence electrons. The molecule has 6 nitrogen and oxygen atoms in total. The molecule has 1 amide bonds. The number of carbonyl (C=O) groups is 1. The van der Waals surface area contributed by atoms with E-state index in [1.54, 1.807) is 19.1 Å². The first-order valence-electron chi connectivity index (χ1n) is 10.3. The van der Waals surface area contributed by atoms with Crippen molar-refractivity contribution in [1.82, 2.24) is 4.90 Å². The van der Waals surface area contributed by atoms with Gasteiger partial charge in [-0.15, -0.1) is 0 Å². The molecule has 4 rings (SSSR count). The van der Waals surface area contributed by atoms with Gasteiger partial charge in [0.25, 0.3) is 5.91 Å². The van der Waals surface area contributed by atoms with Gasteiger partial charge in [-0.1, -0.05) is 30.3 Å². The Morgan fingerprint density at radius 1 is 0.879 bits per heavy atom. The first-order valence-corrected chi connectivity index (χ1v) is 11.3. The number of halogens is 1. The number of benzene rings is 3. The van der Waals surface area contributed by atoms with E-state index < -0.39 is 0 Å². The Morgan fingerprint density at radius 2 is 1.58 bits per heavy atom. The summed E-state index contributed by atoms with van der Waals surface area (Å²) in [7, 11) is 6.26. The summed E-state index contributed by atoms with van der Waals surface area (Å²) in [6.45, 7) is 0.389. The van der Waals surface area contributed by atoms with Crippen LogP contribution >= 0.6 is 22.6 Å². The van der Waals surface area contributed by atoms with Crippen molar-refractivity contribution < 1.29 is 23.7 Å². The molecule has 0 N–H and O–H groups in total. The van der Waals surface area contributed by atoms with Gasteiger partial charge in [0, 0.05) is 9.13 Å². The minimum absolute atomic E-state index is 0.157. The van der Waals surface area contributed by atoms with Crippen LogP contribution in [0, 0.1) is 3.57 Å². The number of hydrogen-bond acceptors (Lipinski definition) is 5. The summed E-state index contributed by atoms with van der Waals surface area (Å²) in [5.41, 5.74) is 3.96. The van der Waals surface area contributed by atoms with E-state index in [0.717, 1.165) is 31.7 Å². The van der Waals surface area contributed by atoms with Crippen LogP contribution in [-0.2, 0) is 6.54 Å². The van der Waals surface area contributed by atoms with Crippen molar-refractivity contribution in [2.45, 2.75) is 6.54 Å². The number of hydrogen-bond donors (Lipinski definition) is 0. The maximum Gasteiger partial charge on any atom is 0.263 e. The molecule has 0 saturated heterocycles. The third kappa shape index (κ3) is 4.25. The van der Waals surface area contributed by atoms with Gasteiger partial charge in [-0.2, -0.15) is 0 Å². The van der Waals surface area contributed by atoms with Gasteiger partial charge < -0.3 is 23.8 Å². The highest BCUT2D eigenvalue weighted by molar-refractivity contribution is 14.1. The zero-order valence-electron chi connectivity index (χ0n) is 18.8. The summed E-state index contributed by atoms with van der Waals surface area (Å²) < 4.78 is 23.1. The van der Waals surface area contributed by atoms with Crippen LogP contribution in [0.2, 0.25) is 0 Å². The van der Waals surface area contributed by atoms with Gasteiger partial charge in [-0.05, 0) is 64.1 Å². The predicted molar refractivity (Wildman–Crippen MR) is 136 cm³/mol. The largest absolute Gasteiger partial charge is 0.497 e. The van der Waals surface area contributed by atoms with E-state index in [1.165, 1.54) is 14.2 Å². The van der Waals surface area contributed by atoms with E-state index >= 15 is 0 Å². The number of carbonyl (C=O) groups excluding carboxylic acids is 1. The molecule has 0 saturated carbocycles. The van der Waals surface area contributed by atoms with Crippen LogP contribution in [-0.4, -0.2) is 39.2 Å². The maximum atomic E-state index is 13.7. The standard InChI is InChI=1S/C26H24INO5/c1-30-18-11-9-16(10-12-18)15-28-21(13-17-7-5-6-8-20(17)27)19-14-22(31-2)24(32-3)25(33-4)23(19)26(28)29/h5-14H,15H2,1-4H3/b21-13+. The second-order valence-corrected chi connectivity index (χ2v) is 8.52. The van der Waals surface area contributed by atoms with Gasteiger partial charge in [0.15, 0.2) is 11.5 Å². The van der Waals surface area contributed by atoms with Gasteiger partial charge in [0.1, 0.15) is 5.75 Å². The molecule has 0 fully saturated rings. The maximum absolute atomic E-state index is 13.7. The molecule has 7 heteroatoms. The summed E-state index contributed by atoms with van der Waals surface area (Å²) in [4.78, 5) is 15.5. The van der Waals surface area contributed by atoms with Crippen LogP contribution in [0.3, 0.4) is 0 Å². The zero-order valence-corrected chi connectivity index (χ0v) is 21.0. The zero-order chi connectivity index (χ0) is 23.5. The Labute approximate surface area is 206 Å². The Morgan fingerprint density at radius 3 is 2.18 bits per heavy atom. The Bertz CT molecular complexity index is 1220. The van der Waals surface area contributed by atoms with Gasteiger partial charge in [0.2, 0.25) is 5.75 Å². The molecule has 0 radical (unpaired) electrons. The summed E-state index contributed by atoms with van der Waals surface area (Å²) in [5.74, 6) is 1.87. The van der Waals surface area contributed by atoms with E-state index in [-0.39, 0.29) is 5.91 Å². The topological polar surface area (TPSA) is 57.2 Å². The molecule has 0 aliphatic carbocycles. The minimum atomic E-state index is -0.157. The predicted octanol–water partition coefficient (Wildman–Crippen LogP) is 5.48. The van der Waals surface area contributed by atoms with E-state index in [9.17, 15) is 4.79 Å². The molecule has 1 heterocycles. The highest BCUT2D eigenvalue weighted by Crippen LogP contribution is 2.49. The van der Waals surface area contributed by atoms with Crippen LogP contribution in [0.1, 0.15) is 27.0 Å². The molecule has 1 aliphatic heterocycles. The SMILES string of the molecule is COc1ccc(CN2C(=O)c3c(cc(OC)c(OC)c3OC)/C2=C\c2ccccc2I)cc1. The molecule has 3 aromatic rings. The molecule has 3 aromatic carbocycles. The third-order valence-corrected chi connectivity index (χ3v) is 6.54. The molecule has 0 atom stereocenters. The van der Waals surface area contributed by atoms with Crippen LogP contribution in [0.25, 0.3) is 11.8 Å². The quantitative estimate of drug-likeness (QED) is 0.361. The fourth-order valence-electron chi connectivity index (χ4n) is 3.93. The number of nitrogens with zero attached hydrogens (tertiary/aromatic N) is 1. The average molecular weight is 557 g/mol. The highest BCUT2D eigenvalue weighted by Gasteiger charge is 2.38. The van der Waals surface area contributed by atoms with E-state index in [2.05, 4.69) is 22.6 Å². The Hall–Kier alpha value is -3.20. The number of fused-ring (bicyclic) bond motifs is 1. The summed E-state index contributed by atoms with van der Waals surface area (Å²) in [6, 6.07) is 17.6. The number of amides is 1. The van der Waals surface area contributed by atoms with Crippen LogP contribution in [0.5, 0.6) is 23.0 Å². The van der Waals surface area contributed by atoms with Gasteiger partial charge in [-0.3, -0.25) is 4.79 Å². The number of rotatable bonds is 7. The van der Waals surface area contributed by atoms with Crippen molar-refractivity contribution in [3.63, 3.8) is 0 Å². The summed E-state index contributed by atoms with van der Waals surface area (Å²) in [6.07, 6.45) is 2.03. The average Bonchev–Trinajstić information content (AvgIpc) is 3.10. The lowest BCUT2D eigenvalue weighted by atomic mass is 10.0. The first-order chi connectivity index (χ1) is 16.0.